The number of anilines is 1. The molecule has 3 aliphatic rings. The molecule has 172 valence electrons. The maximum atomic E-state index is 13.2. The molecule has 0 saturated carbocycles. The van der Waals surface area contributed by atoms with Crippen molar-refractivity contribution in [2.45, 2.75) is 67.3 Å². The molecule has 5 nitrogen and oxygen atoms in total. The predicted octanol–water partition coefficient (Wildman–Crippen LogP) is 4.20. The first-order valence-corrected chi connectivity index (χ1v) is 13.6. The zero-order chi connectivity index (χ0) is 22.4. The van der Waals surface area contributed by atoms with Crippen LogP contribution in [0.4, 0.5) is 5.69 Å². The van der Waals surface area contributed by atoms with Crippen LogP contribution in [0.25, 0.3) is 0 Å². The summed E-state index contributed by atoms with van der Waals surface area (Å²) in [6, 6.07) is 17.2. The molecule has 32 heavy (non-hydrogen) atoms. The number of hydrogen-bond acceptors (Lipinski definition) is 4. The quantitative estimate of drug-likeness (QED) is 0.637. The molecule has 2 radical (unpaired) electrons. The Morgan fingerprint density at radius 1 is 0.906 bits per heavy atom. The highest BCUT2D eigenvalue weighted by molar-refractivity contribution is 7.91. The fourth-order valence-electron chi connectivity index (χ4n) is 5.17. The normalized spacial score (nSPS) is 23.3. The second kappa shape index (κ2) is 10.8. The minimum Gasteiger partial charge on any atom is -0.361 e. The van der Waals surface area contributed by atoms with E-state index >= 15 is 0 Å². The van der Waals surface area contributed by atoms with Crippen LogP contribution in [0.1, 0.15) is 45.4 Å². The highest BCUT2D eigenvalue weighted by Crippen LogP contribution is 2.37. The number of benzene rings is 2. The molecular weight excluding hydrogens is 418 g/mol. The molecule has 0 aromatic heterocycles. The molecule has 2 aromatic carbocycles. The number of sulfone groups is 1. The van der Waals surface area contributed by atoms with Crippen molar-refractivity contribution in [2.24, 2.45) is 0 Å². The highest BCUT2D eigenvalue weighted by Gasteiger charge is 2.52. The van der Waals surface area contributed by atoms with Gasteiger partial charge in [0.05, 0.1) is 27.9 Å². The molecule has 3 heterocycles. The van der Waals surface area contributed by atoms with Crippen LogP contribution in [0.5, 0.6) is 0 Å². The van der Waals surface area contributed by atoms with Crippen molar-refractivity contribution >= 4 is 15.5 Å². The van der Waals surface area contributed by atoms with Crippen LogP contribution >= 0.6 is 0 Å². The summed E-state index contributed by atoms with van der Waals surface area (Å²) in [5.41, 5.74) is 0.840. The van der Waals surface area contributed by atoms with Crippen molar-refractivity contribution in [1.29, 1.82) is 0 Å². The van der Waals surface area contributed by atoms with Crippen LogP contribution in [-0.2, 0) is 9.84 Å². The van der Waals surface area contributed by atoms with Crippen molar-refractivity contribution in [3.8, 4) is 0 Å². The topological polar surface area (TPSA) is 57.4 Å². The van der Waals surface area contributed by atoms with Gasteiger partial charge in [0.25, 0.3) is 0 Å². The number of likely N-dealkylation sites (N-methyl/N-ethyl adjacent to an activating group) is 1. The molecule has 0 spiro atoms. The fraction of sp³-hybridized carbons (Fsp3) is 0.538. The Morgan fingerprint density at radius 2 is 1.56 bits per heavy atom. The summed E-state index contributed by atoms with van der Waals surface area (Å²) in [5.74, 6) is 0. The zero-order valence-corrected chi connectivity index (χ0v) is 20.0. The van der Waals surface area contributed by atoms with Gasteiger partial charge in [-0.25, -0.2) is 13.7 Å². The molecule has 0 bridgehead atoms. The molecule has 6 heteroatoms. The predicted molar refractivity (Wildman–Crippen MR) is 130 cm³/mol. The standard InChI is InChI=1S/C20H24N2O2S.C6H12N/c1-2-22(18-13-15-21-14-12-17(18)21)19-10-6-7-11-20(19)25(23,24)16-8-4-3-5-9-16;1-2-4-6-7-5-3-1/h3-11,17-18H,2,12-15H2,1H3;1-6H2/q+1;. The number of fused-ring (bicyclic) bond motifs is 1. The Labute approximate surface area is 193 Å². The second-order valence-corrected chi connectivity index (χ2v) is 10.8. The molecule has 3 saturated heterocycles. The first-order valence-electron chi connectivity index (χ1n) is 12.2. The van der Waals surface area contributed by atoms with Crippen LogP contribution in [0.3, 0.4) is 0 Å². The molecule has 2 atom stereocenters. The molecule has 2 unspecified atom stereocenters. The first kappa shape index (κ1) is 23.3. The Bertz CT molecular complexity index is 944. The van der Waals surface area contributed by atoms with E-state index < -0.39 is 9.84 Å². The van der Waals surface area contributed by atoms with Gasteiger partial charge in [0.1, 0.15) is 13.1 Å². The van der Waals surface area contributed by atoms with Gasteiger partial charge in [-0.2, -0.15) is 4.90 Å². The molecule has 0 amide bonds. The summed E-state index contributed by atoms with van der Waals surface area (Å²) in [6.45, 7) is 7.49. The summed E-state index contributed by atoms with van der Waals surface area (Å²) in [5, 5.41) is 4.27. The highest BCUT2D eigenvalue weighted by atomic mass is 32.2. The average molecular weight is 455 g/mol. The van der Waals surface area contributed by atoms with E-state index in [0.29, 0.717) is 21.9 Å². The summed E-state index contributed by atoms with van der Waals surface area (Å²) < 4.78 is 26.4. The Hall–Kier alpha value is -1.89. The molecule has 2 aromatic rings. The van der Waals surface area contributed by atoms with E-state index in [1.165, 1.54) is 38.6 Å². The van der Waals surface area contributed by atoms with E-state index in [-0.39, 0.29) is 0 Å². The summed E-state index contributed by atoms with van der Waals surface area (Å²) >= 11 is 0. The van der Waals surface area contributed by atoms with Crippen LogP contribution in [0, 0.1) is 0 Å². The van der Waals surface area contributed by atoms with E-state index in [9.17, 15) is 8.42 Å². The van der Waals surface area contributed by atoms with Crippen molar-refractivity contribution in [3.05, 3.63) is 54.6 Å². The maximum Gasteiger partial charge on any atom is 0.208 e. The summed E-state index contributed by atoms with van der Waals surface area (Å²) in [4.78, 5) is 5.59. The third-order valence-corrected chi connectivity index (χ3v) is 8.80. The van der Waals surface area contributed by atoms with Crippen molar-refractivity contribution in [2.75, 3.05) is 37.6 Å². The van der Waals surface area contributed by atoms with Crippen molar-refractivity contribution in [3.63, 3.8) is 0 Å². The lowest BCUT2D eigenvalue weighted by Crippen LogP contribution is -2.56. The van der Waals surface area contributed by atoms with Gasteiger partial charge in [0.15, 0.2) is 6.04 Å². The zero-order valence-electron chi connectivity index (χ0n) is 19.2. The lowest BCUT2D eigenvalue weighted by Gasteiger charge is -2.36. The molecule has 0 N–H and O–H groups in total. The maximum absolute atomic E-state index is 13.2. The van der Waals surface area contributed by atoms with E-state index in [2.05, 4.69) is 22.0 Å². The van der Waals surface area contributed by atoms with Gasteiger partial charge in [-0.15, -0.1) is 0 Å². The average Bonchev–Trinajstić information content (AvgIpc) is 3.00. The van der Waals surface area contributed by atoms with Crippen LogP contribution in [0.2, 0.25) is 0 Å². The van der Waals surface area contributed by atoms with Crippen molar-refractivity contribution in [1.82, 2.24) is 10.2 Å². The smallest absolute Gasteiger partial charge is 0.208 e. The van der Waals surface area contributed by atoms with Crippen LogP contribution in [0.15, 0.2) is 64.4 Å². The van der Waals surface area contributed by atoms with E-state index in [0.717, 1.165) is 38.3 Å². The molecule has 3 fully saturated rings. The Kier molecular flexibility index (Phi) is 7.87. The largest absolute Gasteiger partial charge is 0.361 e. The SMILES string of the molecule is C1CCC[N]CC1.CCN(c1ccccc1S(=O)(=O)c1ccccc1)C1CC[N+]2CCC12. The molecule has 5 rings (SSSR count). The number of hydrogen-bond donors (Lipinski definition) is 0. The third-order valence-electron chi connectivity index (χ3n) is 6.98. The van der Waals surface area contributed by atoms with E-state index in [1.807, 2.05) is 24.3 Å². The van der Waals surface area contributed by atoms with E-state index in [4.69, 9.17) is 0 Å². The van der Waals surface area contributed by atoms with Gasteiger partial charge in [-0.05, 0) is 44.0 Å². The second-order valence-electron chi connectivity index (χ2n) is 8.90. The monoisotopic (exact) mass is 454 g/mol. The van der Waals surface area contributed by atoms with Gasteiger partial charge in [-0.3, -0.25) is 0 Å². The number of nitrogens with zero attached hydrogens (tertiary/aromatic N) is 3. The molecular formula is C26H36N3O2S+. The van der Waals surface area contributed by atoms with Gasteiger partial charge >= 0.3 is 0 Å². The molecule has 0 aliphatic carbocycles. The Morgan fingerprint density at radius 3 is 2.19 bits per heavy atom. The first-order chi connectivity index (χ1) is 15.6. The van der Waals surface area contributed by atoms with Gasteiger partial charge < -0.3 is 4.90 Å². The van der Waals surface area contributed by atoms with Crippen molar-refractivity contribution < 1.29 is 8.42 Å². The van der Waals surface area contributed by atoms with Gasteiger partial charge in [0, 0.05) is 26.1 Å². The van der Waals surface area contributed by atoms with Gasteiger partial charge in [0.2, 0.25) is 9.84 Å². The summed E-state index contributed by atoms with van der Waals surface area (Å²) in [6.07, 6.45) is 7.81. The van der Waals surface area contributed by atoms with Crippen LogP contribution in [-0.4, -0.2) is 53.2 Å². The lowest BCUT2D eigenvalue weighted by atomic mass is 9.98. The fourth-order valence-corrected chi connectivity index (χ4v) is 6.66. The Balaban J connectivity index is 0.000000300. The van der Waals surface area contributed by atoms with E-state index in [1.54, 1.807) is 30.3 Å². The summed E-state index contributed by atoms with van der Waals surface area (Å²) in [7, 11) is -3.52. The third kappa shape index (κ3) is 5.03. The van der Waals surface area contributed by atoms with Crippen LogP contribution < -0.4 is 15.1 Å². The number of rotatable bonds is 5. The minimum atomic E-state index is -3.52. The number of para-hydroxylation sites is 1. The lowest BCUT2D eigenvalue weighted by molar-refractivity contribution is 0.237. The molecule has 3 aliphatic heterocycles. The van der Waals surface area contributed by atoms with Gasteiger partial charge in [-0.1, -0.05) is 43.2 Å². The minimum absolute atomic E-state index is 0.357.